The van der Waals surface area contributed by atoms with Gasteiger partial charge >= 0.3 is 0 Å². The van der Waals surface area contributed by atoms with Crippen molar-refractivity contribution in [3.05, 3.63) is 30.3 Å². The van der Waals surface area contributed by atoms with Crippen LogP contribution in [0, 0.1) is 5.92 Å². The van der Waals surface area contributed by atoms with E-state index in [2.05, 4.69) is 19.2 Å². The molecule has 3 N–H and O–H groups in total. The first-order chi connectivity index (χ1) is 7.44. The molecule has 16 heavy (non-hydrogen) atoms. The third-order valence-corrected chi connectivity index (χ3v) is 2.55. The van der Waals surface area contributed by atoms with Crippen molar-refractivity contribution in [3.8, 4) is 0 Å². The highest BCUT2D eigenvalue weighted by atomic mass is 16.1. The van der Waals surface area contributed by atoms with Gasteiger partial charge in [-0.25, -0.2) is 0 Å². The van der Waals surface area contributed by atoms with Gasteiger partial charge in [-0.2, -0.15) is 0 Å². The molecule has 0 aliphatic rings. The van der Waals surface area contributed by atoms with E-state index in [4.69, 9.17) is 5.73 Å². The van der Waals surface area contributed by atoms with Gasteiger partial charge in [0.2, 0.25) is 5.91 Å². The summed E-state index contributed by atoms with van der Waals surface area (Å²) in [6.07, 6.45) is 0.719. The zero-order chi connectivity index (χ0) is 12.2. The number of amides is 1. The first kappa shape index (κ1) is 12.6. The van der Waals surface area contributed by atoms with Gasteiger partial charge in [-0.15, -0.1) is 0 Å². The molecule has 0 aliphatic carbocycles. The fraction of sp³-hybridized carbons (Fsp3) is 0.462. The second kappa shape index (κ2) is 5.01. The Morgan fingerprint density at radius 2 is 1.94 bits per heavy atom. The van der Waals surface area contributed by atoms with Crippen molar-refractivity contribution in [1.29, 1.82) is 0 Å². The lowest BCUT2D eigenvalue weighted by atomic mass is 9.89. The van der Waals surface area contributed by atoms with Crippen LogP contribution in [0.25, 0.3) is 0 Å². The molecular weight excluding hydrogens is 200 g/mol. The number of benzene rings is 1. The van der Waals surface area contributed by atoms with Crippen LogP contribution in [0.4, 0.5) is 5.69 Å². The number of primary amides is 1. The van der Waals surface area contributed by atoms with E-state index in [0.717, 1.165) is 12.1 Å². The number of hydrogen-bond acceptors (Lipinski definition) is 2. The lowest BCUT2D eigenvalue weighted by molar-refractivity contribution is -0.122. The molecule has 1 aromatic rings. The van der Waals surface area contributed by atoms with E-state index in [0.29, 0.717) is 5.92 Å². The van der Waals surface area contributed by atoms with Crippen molar-refractivity contribution in [1.82, 2.24) is 0 Å². The molecule has 0 aromatic heterocycles. The number of carbonyl (C=O) groups is 1. The molecule has 1 aromatic carbocycles. The minimum atomic E-state index is -0.685. The Bertz CT molecular complexity index is 348. The lowest BCUT2D eigenvalue weighted by Crippen LogP contribution is -2.48. The van der Waals surface area contributed by atoms with Crippen molar-refractivity contribution in [2.75, 3.05) is 5.32 Å². The Morgan fingerprint density at radius 1 is 1.38 bits per heavy atom. The Balaban J connectivity index is 2.83. The molecule has 0 fully saturated rings. The molecule has 1 atom stereocenters. The highest BCUT2D eigenvalue weighted by Crippen LogP contribution is 2.22. The van der Waals surface area contributed by atoms with Crippen LogP contribution in [0.3, 0.4) is 0 Å². The van der Waals surface area contributed by atoms with Crippen LogP contribution in [0.1, 0.15) is 27.2 Å². The van der Waals surface area contributed by atoms with Crippen molar-refractivity contribution in [2.24, 2.45) is 11.7 Å². The molecule has 88 valence electrons. The molecule has 3 nitrogen and oxygen atoms in total. The van der Waals surface area contributed by atoms with Gasteiger partial charge in [0.15, 0.2) is 0 Å². The quantitative estimate of drug-likeness (QED) is 0.800. The van der Waals surface area contributed by atoms with Gasteiger partial charge < -0.3 is 11.1 Å². The zero-order valence-electron chi connectivity index (χ0n) is 10.2. The van der Waals surface area contributed by atoms with Crippen LogP contribution in [0.15, 0.2) is 30.3 Å². The summed E-state index contributed by atoms with van der Waals surface area (Å²) in [5.74, 6) is 0.0961. The molecule has 0 heterocycles. The highest BCUT2D eigenvalue weighted by molar-refractivity contribution is 5.87. The van der Waals surface area contributed by atoms with E-state index in [9.17, 15) is 4.79 Å². The summed E-state index contributed by atoms with van der Waals surface area (Å²) in [4.78, 5) is 11.5. The second-order valence-electron chi connectivity index (χ2n) is 4.79. The summed E-state index contributed by atoms with van der Waals surface area (Å²) in [6, 6.07) is 9.66. The highest BCUT2D eigenvalue weighted by Gasteiger charge is 2.31. The summed E-state index contributed by atoms with van der Waals surface area (Å²) in [5, 5.41) is 3.21. The fourth-order valence-electron chi connectivity index (χ4n) is 1.87. The third-order valence-electron chi connectivity index (χ3n) is 2.55. The molecule has 1 amide bonds. The van der Waals surface area contributed by atoms with E-state index in [1.165, 1.54) is 0 Å². The number of nitrogens with one attached hydrogen (secondary N) is 1. The molecule has 0 saturated carbocycles. The van der Waals surface area contributed by atoms with Gasteiger partial charge in [0.25, 0.3) is 0 Å². The molecule has 0 aliphatic heterocycles. The molecule has 1 rings (SSSR count). The van der Waals surface area contributed by atoms with Gasteiger partial charge in [-0.1, -0.05) is 32.0 Å². The normalized spacial score (nSPS) is 14.5. The van der Waals surface area contributed by atoms with Gasteiger partial charge in [0.05, 0.1) is 0 Å². The van der Waals surface area contributed by atoms with E-state index >= 15 is 0 Å². The maximum atomic E-state index is 11.5. The minimum absolute atomic E-state index is 0.315. The van der Waals surface area contributed by atoms with Crippen LogP contribution in [0.2, 0.25) is 0 Å². The van der Waals surface area contributed by atoms with Crippen LogP contribution < -0.4 is 11.1 Å². The van der Waals surface area contributed by atoms with Crippen LogP contribution >= 0.6 is 0 Å². The number of carbonyl (C=O) groups excluding carboxylic acids is 1. The standard InChI is InChI=1S/C13H20N2O/c1-10(2)9-13(3,12(14)16)15-11-7-5-4-6-8-11/h4-8,10,15H,9H2,1-3H3,(H2,14,16). The first-order valence-corrected chi connectivity index (χ1v) is 5.57. The van der Waals surface area contributed by atoms with Crippen molar-refractivity contribution >= 4 is 11.6 Å². The lowest BCUT2D eigenvalue weighted by Gasteiger charge is -2.30. The summed E-state index contributed by atoms with van der Waals surface area (Å²) in [7, 11) is 0. The first-order valence-electron chi connectivity index (χ1n) is 5.57. The Kier molecular flexibility index (Phi) is 3.93. The van der Waals surface area contributed by atoms with E-state index in [1.807, 2.05) is 37.3 Å². The summed E-state index contributed by atoms with van der Waals surface area (Å²) < 4.78 is 0. The number of hydrogen-bond donors (Lipinski definition) is 2. The Morgan fingerprint density at radius 3 is 2.38 bits per heavy atom. The van der Waals surface area contributed by atoms with Crippen molar-refractivity contribution in [3.63, 3.8) is 0 Å². The van der Waals surface area contributed by atoms with Gasteiger partial charge in [0.1, 0.15) is 5.54 Å². The summed E-state index contributed by atoms with van der Waals surface area (Å²) in [5.41, 5.74) is 5.70. The van der Waals surface area contributed by atoms with Gasteiger partial charge in [-0.3, -0.25) is 4.79 Å². The largest absolute Gasteiger partial charge is 0.371 e. The monoisotopic (exact) mass is 220 g/mol. The summed E-state index contributed by atoms with van der Waals surface area (Å²) >= 11 is 0. The number of anilines is 1. The maximum Gasteiger partial charge on any atom is 0.242 e. The van der Waals surface area contributed by atoms with E-state index in [1.54, 1.807) is 0 Å². The molecule has 0 bridgehead atoms. The van der Waals surface area contributed by atoms with Gasteiger partial charge in [0, 0.05) is 5.69 Å². The number of para-hydroxylation sites is 1. The maximum absolute atomic E-state index is 11.5. The third kappa shape index (κ3) is 3.26. The predicted octanol–water partition coefficient (Wildman–Crippen LogP) is 2.39. The van der Waals surface area contributed by atoms with E-state index < -0.39 is 5.54 Å². The van der Waals surface area contributed by atoms with Crippen molar-refractivity contribution < 1.29 is 4.79 Å². The minimum Gasteiger partial charge on any atom is -0.371 e. The molecular formula is C13H20N2O. The molecule has 0 saturated heterocycles. The average Bonchev–Trinajstić information content (AvgIpc) is 2.17. The van der Waals surface area contributed by atoms with E-state index in [-0.39, 0.29) is 5.91 Å². The average molecular weight is 220 g/mol. The van der Waals surface area contributed by atoms with Crippen molar-refractivity contribution in [2.45, 2.75) is 32.7 Å². The SMILES string of the molecule is CC(C)CC(C)(Nc1ccccc1)C(N)=O. The van der Waals surface area contributed by atoms with Crippen LogP contribution in [-0.2, 0) is 4.79 Å². The summed E-state index contributed by atoms with van der Waals surface area (Å²) in [6.45, 7) is 6.00. The molecule has 1 unspecified atom stereocenters. The van der Waals surface area contributed by atoms with Gasteiger partial charge in [-0.05, 0) is 31.4 Å². The fourth-order valence-corrected chi connectivity index (χ4v) is 1.87. The number of rotatable bonds is 5. The Labute approximate surface area is 97.0 Å². The smallest absolute Gasteiger partial charge is 0.242 e. The molecule has 0 spiro atoms. The molecule has 3 heteroatoms. The second-order valence-corrected chi connectivity index (χ2v) is 4.79. The van der Waals surface area contributed by atoms with Crippen LogP contribution in [-0.4, -0.2) is 11.4 Å². The molecule has 0 radical (unpaired) electrons. The topological polar surface area (TPSA) is 55.1 Å². The Hall–Kier alpha value is -1.51. The number of nitrogens with two attached hydrogens (primary N) is 1. The zero-order valence-corrected chi connectivity index (χ0v) is 10.2. The van der Waals surface area contributed by atoms with Crippen LogP contribution in [0.5, 0.6) is 0 Å². The predicted molar refractivity (Wildman–Crippen MR) is 67.1 cm³/mol.